The van der Waals surface area contributed by atoms with E-state index in [0.29, 0.717) is 5.92 Å². The largest absolute Gasteiger partial charge is 0.354 e. The maximum atomic E-state index is 12.5. The van der Waals surface area contributed by atoms with Gasteiger partial charge >= 0.3 is 0 Å². The molecule has 3 heteroatoms. The van der Waals surface area contributed by atoms with Crippen molar-refractivity contribution in [1.82, 2.24) is 10.6 Å². The van der Waals surface area contributed by atoms with Gasteiger partial charge in [0.05, 0.1) is 0 Å². The molecule has 20 heavy (non-hydrogen) atoms. The Morgan fingerprint density at radius 3 is 3.00 bits per heavy atom. The third kappa shape index (κ3) is 2.73. The summed E-state index contributed by atoms with van der Waals surface area (Å²) in [6.07, 6.45) is 4.90. The molecule has 1 aliphatic carbocycles. The van der Waals surface area contributed by atoms with E-state index >= 15 is 0 Å². The van der Waals surface area contributed by atoms with Gasteiger partial charge in [0.25, 0.3) is 0 Å². The second-order valence-corrected chi connectivity index (χ2v) is 6.25. The van der Waals surface area contributed by atoms with Crippen molar-refractivity contribution in [3.8, 4) is 0 Å². The maximum absolute atomic E-state index is 12.5. The van der Waals surface area contributed by atoms with Crippen LogP contribution in [0.5, 0.6) is 0 Å². The van der Waals surface area contributed by atoms with Crippen LogP contribution in [0.25, 0.3) is 0 Å². The average Bonchev–Trinajstić information content (AvgIpc) is 2.89. The number of hydrogen-bond donors (Lipinski definition) is 2. The Bertz CT molecular complexity index is 486. The number of carbonyl (C=O) groups excluding carboxylic acids is 1. The zero-order valence-corrected chi connectivity index (χ0v) is 12.2. The third-order valence-electron chi connectivity index (χ3n) is 4.95. The summed E-state index contributed by atoms with van der Waals surface area (Å²) >= 11 is 0. The number of rotatable bonds is 3. The monoisotopic (exact) mass is 272 g/mol. The molecule has 3 unspecified atom stereocenters. The number of amides is 1. The van der Waals surface area contributed by atoms with Crippen molar-refractivity contribution in [2.75, 3.05) is 13.1 Å². The SMILES string of the molecule is CC1CCCC1CNC(=O)C1NCCc2ccccc21. The minimum atomic E-state index is -0.170. The second-order valence-electron chi connectivity index (χ2n) is 6.25. The summed E-state index contributed by atoms with van der Waals surface area (Å²) in [6.45, 7) is 4.02. The lowest BCUT2D eigenvalue weighted by molar-refractivity contribution is -0.123. The predicted octanol–water partition coefficient (Wildman–Crippen LogP) is 2.43. The summed E-state index contributed by atoms with van der Waals surface area (Å²) in [5.41, 5.74) is 2.45. The molecule has 0 saturated heterocycles. The molecule has 1 saturated carbocycles. The van der Waals surface area contributed by atoms with Gasteiger partial charge in [0.1, 0.15) is 6.04 Å². The van der Waals surface area contributed by atoms with Crippen LogP contribution in [0.2, 0.25) is 0 Å². The van der Waals surface area contributed by atoms with Crippen molar-refractivity contribution in [3.05, 3.63) is 35.4 Å². The standard InChI is InChI=1S/C17H24N2O/c1-12-5-4-7-14(12)11-19-17(20)16-15-8-3-2-6-13(15)9-10-18-16/h2-3,6,8,12,14,16,18H,4-5,7,9-11H2,1H3,(H,19,20). The highest BCUT2D eigenvalue weighted by atomic mass is 16.2. The first-order valence-corrected chi connectivity index (χ1v) is 7.84. The van der Waals surface area contributed by atoms with E-state index in [2.05, 4.69) is 35.8 Å². The molecule has 0 radical (unpaired) electrons. The molecule has 1 aliphatic heterocycles. The lowest BCUT2D eigenvalue weighted by Crippen LogP contribution is -2.43. The van der Waals surface area contributed by atoms with Gasteiger partial charge in [-0.15, -0.1) is 0 Å². The molecule has 0 spiro atoms. The smallest absolute Gasteiger partial charge is 0.241 e. The molecule has 1 fully saturated rings. The molecule has 3 rings (SSSR count). The Kier molecular flexibility index (Phi) is 4.06. The van der Waals surface area contributed by atoms with Gasteiger partial charge in [0.2, 0.25) is 5.91 Å². The van der Waals surface area contributed by atoms with Crippen LogP contribution in [0.15, 0.2) is 24.3 Å². The van der Waals surface area contributed by atoms with Crippen molar-refractivity contribution >= 4 is 5.91 Å². The van der Waals surface area contributed by atoms with E-state index in [1.807, 2.05) is 6.07 Å². The van der Waals surface area contributed by atoms with Crippen molar-refractivity contribution < 1.29 is 4.79 Å². The Morgan fingerprint density at radius 1 is 1.35 bits per heavy atom. The molecular formula is C17H24N2O. The van der Waals surface area contributed by atoms with Crippen LogP contribution in [0.1, 0.15) is 43.4 Å². The summed E-state index contributed by atoms with van der Waals surface area (Å²) in [5.74, 6) is 1.55. The second kappa shape index (κ2) is 5.96. The van der Waals surface area contributed by atoms with Crippen LogP contribution >= 0.6 is 0 Å². The van der Waals surface area contributed by atoms with Crippen LogP contribution in [-0.2, 0) is 11.2 Å². The quantitative estimate of drug-likeness (QED) is 0.887. The van der Waals surface area contributed by atoms with E-state index in [1.54, 1.807) is 0 Å². The number of benzene rings is 1. The molecule has 3 atom stereocenters. The number of carbonyl (C=O) groups is 1. The summed E-state index contributed by atoms with van der Waals surface area (Å²) in [5, 5.41) is 6.51. The van der Waals surface area contributed by atoms with Crippen molar-refractivity contribution in [3.63, 3.8) is 0 Å². The fourth-order valence-electron chi connectivity index (χ4n) is 3.60. The van der Waals surface area contributed by atoms with Gasteiger partial charge in [0.15, 0.2) is 0 Å². The highest BCUT2D eigenvalue weighted by Crippen LogP contribution is 2.30. The summed E-state index contributed by atoms with van der Waals surface area (Å²) in [4.78, 5) is 12.5. The van der Waals surface area contributed by atoms with E-state index in [1.165, 1.54) is 24.8 Å². The van der Waals surface area contributed by atoms with E-state index in [-0.39, 0.29) is 11.9 Å². The molecule has 1 aromatic carbocycles. The van der Waals surface area contributed by atoms with Gasteiger partial charge in [-0.05, 0) is 35.8 Å². The van der Waals surface area contributed by atoms with E-state index in [0.717, 1.165) is 31.0 Å². The molecule has 1 aromatic rings. The zero-order chi connectivity index (χ0) is 13.9. The summed E-state index contributed by atoms with van der Waals surface area (Å²) < 4.78 is 0. The summed E-state index contributed by atoms with van der Waals surface area (Å²) in [6, 6.07) is 8.11. The Labute approximate surface area is 121 Å². The van der Waals surface area contributed by atoms with Crippen LogP contribution in [0.3, 0.4) is 0 Å². The molecule has 0 bridgehead atoms. The Morgan fingerprint density at radius 2 is 2.20 bits per heavy atom. The van der Waals surface area contributed by atoms with Crippen molar-refractivity contribution in [2.45, 2.75) is 38.6 Å². The first-order valence-electron chi connectivity index (χ1n) is 7.84. The number of nitrogens with one attached hydrogen (secondary N) is 2. The molecule has 1 amide bonds. The van der Waals surface area contributed by atoms with Crippen molar-refractivity contribution in [1.29, 1.82) is 0 Å². The van der Waals surface area contributed by atoms with Crippen LogP contribution in [0.4, 0.5) is 0 Å². The van der Waals surface area contributed by atoms with Gasteiger partial charge < -0.3 is 10.6 Å². The highest BCUT2D eigenvalue weighted by Gasteiger charge is 2.28. The van der Waals surface area contributed by atoms with Crippen molar-refractivity contribution in [2.24, 2.45) is 11.8 Å². The summed E-state index contributed by atoms with van der Waals surface area (Å²) in [7, 11) is 0. The zero-order valence-electron chi connectivity index (χ0n) is 12.2. The predicted molar refractivity (Wildman–Crippen MR) is 80.4 cm³/mol. The molecular weight excluding hydrogens is 248 g/mol. The van der Waals surface area contributed by atoms with Crippen LogP contribution < -0.4 is 10.6 Å². The Balaban J connectivity index is 1.63. The fraction of sp³-hybridized carbons (Fsp3) is 0.588. The van der Waals surface area contributed by atoms with E-state index < -0.39 is 0 Å². The highest BCUT2D eigenvalue weighted by molar-refractivity contribution is 5.83. The minimum Gasteiger partial charge on any atom is -0.354 e. The lowest BCUT2D eigenvalue weighted by atomic mass is 9.93. The van der Waals surface area contributed by atoms with Gasteiger partial charge in [-0.3, -0.25) is 4.79 Å². The normalized spacial score (nSPS) is 28.9. The molecule has 0 aromatic heterocycles. The molecule has 1 heterocycles. The Hall–Kier alpha value is -1.35. The van der Waals surface area contributed by atoms with E-state index in [9.17, 15) is 4.79 Å². The molecule has 3 nitrogen and oxygen atoms in total. The number of fused-ring (bicyclic) bond motifs is 1. The first kappa shape index (κ1) is 13.6. The fourth-order valence-corrected chi connectivity index (χ4v) is 3.60. The molecule has 2 aliphatic rings. The van der Waals surface area contributed by atoms with Crippen LogP contribution in [0, 0.1) is 11.8 Å². The van der Waals surface area contributed by atoms with E-state index in [4.69, 9.17) is 0 Å². The minimum absolute atomic E-state index is 0.135. The van der Waals surface area contributed by atoms with Gasteiger partial charge in [-0.2, -0.15) is 0 Å². The molecule has 2 N–H and O–H groups in total. The maximum Gasteiger partial charge on any atom is 0.241 e. The third-order valence-corrected chi connectivity index (χ3v) is 4.95. The first-order chi connectivity index (χ1) is 9.75. The van der Waals surface area contributed by atoms with Gasteiger partial charge in [0, 0.05) is 13.1 Å². The lowest BCUT2D eigenvalue weighted by Gasteiger charge is -2.27. The number of hydrogen-bond acceptors (Lipinski definition) is 2. The van der Waals surface area contributed by atoms with Gasteiger partial charge in [-0.1, -0.05) is 44.0 Å². The topological polar surface area (TPSA) is 41.1 Å². The molecule has 108 valence electrons. The van der Waals surface area contributed by atoms with Gasteiger partial charge in [-0.25, -0.2) is 0 Å². The average molecular weight is 272 g/mol. The van der Waals surface area contributed by atoms with Crippen LogP contribution in [-0.4, -0.2) is 19.0 Å².